The van der Waals surface area contributed by atoms with E-state index in [1.807, 2.05) is 11.9 Å². The zero-order valence-corrected chi connectivity index (χ0v) is 13.0. The molecule has 6 heteroatoms. The Hall–Kier alpha value is -1.33. The van der Waals surface area contributed by atoms with Crippen LogP contribution in [-0.4, -0.2) is 43.6 Å². The molecule has 0 aliphatic carbocycles. The highest BCUT2D eigenvalue weighted by molar-refractivity contribution is 5.85. The minimum absolute atomic E-state index is 0. The second-order valence-corrected chi connectivity index (χ2v) is 5.00. The van der Waals surface area contributed by atoms with E-state index >= 15 is 0 Å². The van der Waals surface area contributed by atoms with Crippen LogP contribution in [0.3, 0.4) is 0 Å². The van der Waals surface area contributed by atoms with Gasteiger partial charge in [-0.05, 0) is 44.2 Å². The summed E-state index contributed by atoms with van der Waals surface area (Å²) < 4.78 is 18.2. The van der Waals surface area contributed by atoms with Crippen LogP contribution in [0.1, 0.15) is 19.3 Å². The molecular weight excluding hydrogens is 295 g/mol. The Morgan fingerprint density at radius 1 is 1.33 bits per heavy atom. The van der Waals surface area contributed by atoms with Crippen LogP contribution in [0, 0.1) is 5.82 Å². The van der Waals surface area contributed by atoms with E-state index in [0.717, 1.165) is 25.9 Å². The first kappa shape index (κ1) is 17.7. The van der Waals surface area contributed by atoms with Crippen LogP contribution >= 0.6 is 12.4 Å². The summed E-state index contributed by atoms with van der Waals surface area (Å²) in [5, 5.41) is 3.24. The van der Waals surface area contributed by atoms with E-state index in [0.29, 0.717) is 24.8 Å². The number of nitrogens with zero attached hydrogens (tertiary/aromatic N) is 1. The molecule has 0 atom stereocenters. The number of hydrogen-bond donors (Lipinski definition) is 1. The van der Waals surface area contributed by atoms with Crippen LogP contribution < -0.4 is 10.1 Å². The summed E-state index contributed by atoms with van der Waals surface area (Å²) in [7, 11) is 1.96. The number of benzene rings is 1. The molecule has 0 aromatic heterocycles. The molecule has 4 nitrogen and oxygen atoms in total. The molecule has 1 saturated heterocycles. The van der Waals surface area contributed by atoms with Gasteiger partial charge in [0.25, 0.3) is 0 Å². The maximum atomic E-state index is 12.7. The Kier molecular flexibility index (Phi) is 7.47. The zero-order chi connectivity index (χ0) is 14.4. The molecular formula is C15H22ClFN2O2. The molecule has 1 fully saturated rings. The zero-order valence-electron chi connectivity index (χ0n) is 12.2. The molecule has 0 bridgehead atoms. The van der Waals surface area contributed by atoms with Gasteiger partial charge in [0.15, 0.2) is 0 Å². The van der Waals surface area contributed by atoms with Crippen molar-refractivity contribution in [2.75, 3.05) is 26.7 Å². The largest absolute Gasteiger partial charge is 0.493 e. The van der Waals surface area contributed by atoms with Gasteiger partial charge < -0.3 is 15.0 Å². The smallest absolute Gasteiger partial charge is 0.225 e. The molecule has 0 unspecified atom stereocenters. The van der Waals surface area contributed by atoms with Crippen LogP contribution in [-0.2, 0) is 4.79 Å². The predicted molar refractivity (Wildman–Crippen MR) is 82.4 cm³/mol. The first-order valence-electron chi connectivity index (χ1n) is 7.02. The van der Waals surface area contributed by atoms with Gasteiger partial charge in [-0.15, -0.1) is 12.4 Å². The van der Waals surface area contributed by atoms with Crippen molar-refractivity contribution < 1.29 is 13.9 Å². The molecule has 2 rings (SSSR count). The highest BCUT2D eigenvalue weighted by atomic mass is 35.5. The lowest BCUT2D eigenvalue weighted by molar-refractivity contribution is -0.132. The van der Waals surface area contributed by atoms with E-state index in [9.17, 15) is 9.18 Å². The molecule has 1 amide bonds. The number of amides is 1. The number of nitrogens with one attached hydrogen (secondary N) is 1. The summed E-state index contributed by atoms with van der Waals surface area (Å²) in [6.45, 7) is 1.94. The molecule has 0 spiro atoms. The fourth-order valence-electron chi connectivity index (χ4n) is 2.36. The highest BCUT2D eigenvalue weighted by Gasteiger charge is 2.21. The number of halogens is 2. The third-order valence-electron chi connectivity index (χ3n) is 3.65. The average Bonchev–Trinajstić information content (AvgIpc) is 2.49. The van der Waals surface area contributed by atoms with Crippen molar-refractivity contribution in [3.8, 4) is 5.75 Å². The number of piperidine rings is 1. The van der Waals surface area contributed by atoms with Gasteiger partial charge in [-0.3, -0.25) is 4.79 Å². The van der Waals surface area contributed by atoms with Crippen molar-refractivity contribution in [1.29, 1.82) is 0 Å². The fourth-order valence-corrected chi connectivity index (χ4v) is 2.36. The molecule has 0 saturated carbocycles. The Morgan fingerprint density at radius 3 is 2.52 bits per heavy atom. The Bertz CT molecular complexity index is 434. The van der Waals surface area contributed by atoms with Gasteiger partial charge in [0.1, 0.15) is 11.6 Å². The van der Waals surface area contributed by atoms with Crippen molar-refractivity contribution >= 4 is 18.3 Å². The summed E-state index contributed by atoms with van der Waals surface area (Å²) in [4.78, 5) is 13.9. The van der Waals surface area contributed by atoms with Crippen molar-refractivity contribution in [2.45, 2.75) is 25.3 Å². The lowest BCUT2D eigenvalue weighted by Crippen LogP contribution is -2.44. The molecule has 1 aromatic rings. The molecule has 21 heavy (non-hydrogen) atoms. The summed E-state index contributed by atoms with van der Waals surface area (Å²) in [6.07, 6.45) is 2.36. The predicted octanol–water partition coefficient (Wildman–Crippen LogP) is 2.23. The van der Waals surface area contributed by atoms with Crippen molar-refractivity contribution in [1.82, 2.24) is 10.2 Å². The van der Waals surface area contributed by atoms with Gasteiger partial charge in [0.2, 0.25) is 5.91 Å². The molecule has 1 N–H and O–H groups in total. The first-order valence-corrected chi connectivity index (χ1v) is 7.02. The number of carbonyl (C=O) groups is 1. The quantitative estimate of drug-likeness (QED) is 0.905. The summed E-state index contributed by atoms with van der Waals surface area (Å²) >= 11 is 0. The lowest BCUT2D eigenvalue weighted by Gasteiger charge is -2.31. The molecule has 1 heterocycles. The molecule has 1 aromatic carbocycles. The third kappa shape index (κ3) is 5.52. The summed E-state index contributed by atoms with van der Waals surface area (Å²) in [6, 6.07) is 6.35. The number of carbonyl (C=O) groups excluding carboxylic acids is 1. The van der Waals surface area contributed by atoms with Gasteiger partial charge in [0, 0.05) is 19.1 Å². The summed E-state index contributed by atoms with van der Waals surface area (Å²) in [5.41, 5.74) is 0. The molecule has 0 radical (unpaired) electrons. The first-order chi connectivity index (χ1) is 9.69. The van der Waals surface area contributed by atoms with Gasteiger partial charge >= 0.3 is 0 Å². The second-order valence-electron chi connectivity index (χ2n) is 5.00. The van der Waals surface area contributed by atoms with Gasteiger partial charge in [-0.25, -0.2) is 4.39 Å². The third-order valence-corrected chi connectivity index (χ3v) is 3.65. The van der Waals surface area contributed by atoms with Gasteiger partial charge in [0.05, 0.1) is 13.0 Å². The standard InChI is InChI=1S/C15H21FN2O2.ClH/c1-17-13-6-9-18(10-7-13)15(19)8-11-20-14-4-2-12(16)3-5-14;/h2-5,13,17H,6-11H2,1H3;1H. The lowest BCUT2D eigenvalue weighted by atomic mass is 10.1. The number of rotatable bonds is 5. The van der Waals surface area contributed by atoms with Gasteiger partial charge in [-0.1, -0.05) is 0 Å². The van der Waals surface area contributed by atoms with Crippen molar-refractivity contribution in [3.05, 3.63) is 30.1 Å². The van der Waals surface area contributed by atoms with E-state index in [-0.39, 0.29) is 24.1 Å². The van der Waals surface area contributed by atoms with E-state index in [4.69, 9.17) is 4.74 Å². The maximum Gasteiger partial charge on any atom is 0.225 e. The van der Waals surface area contributed by atoms with Crippen LogP contribution in [0.4, 0.5) is 4.39 Å². The number of likely N-dealkylation sites (tertiary alicyclic amines) is 1. The monoisotopic (exact) mass is 316 g/mol. The Balaban J connectivity index is 0.00000220. The summed E-state index contributed by atoms with van der Waals surface area (Å²) in [5.74, 6) is 0.426. The highest BCUT2D eigenvalue weighted by Crippen LogP contribution is 2.13. The second kappa shape index (κ2) is 8.85. The van der Waals surface area contributed by atoms with Gasteiger partial charge in [-0.2, -0.15) is 0 Å². The molecule has 1 aliphatic rings. The van der Waals surface area contributed by atoms with Crippen LogP contribution in [0.2, 0.25) is 0 Å². The maximum absolute atomic E-state index is 12.7. The normalized spacial score (nSPS) is 15.4. The molecule has 1 aliphatic heterocycles. The topological polar surface area (TPSA) is 41.6 Å². The van der Waals surface area contributed by atoms with E-state index < -0.39 is 0 Å². The SMILES string of the molecule is CNC1CCN(C(=O)CCOc2ccc(F)cc2)CC1.Cl. The van der Waals surface area contributed by atoms with Crippen LogP contribution in [0.25, 0.3) is 0 Å². The molecule has 118 valence electrons. The Morgan fingerprint density at radius 2 is 1.95 bits per heavy atom. The van der Waals surface area contributed by atoms with Crippen molar-refractivity contribution in [3.63, 3.8) is 0 Å². The number of ether oxygens (including phenoxy) is 1. The van der Waals surface area contributed by atoms with E-state index in [1.54, 1.807) is 12.1 Å². The van der Waals surface area contributed by atoms with Crippen LogP contribution in [0.5, 0.6) is 5.75 Å². The minimum Gasteiger partial charge on any atom is -0.493 e. The average molecular weight is 317 g/mol. The Labute approximate surface area is 131 Å². The van der Waals surface area contributed by atoms with Crippen LogP contribution in [0.15, 0.2) is 24.3 Å². The fraction of sp³-hybridized carbons (Fsp3) is 0.533. The van der Waals surface area contributed by atoms with E-state index in [1.165, 1.54) is 12.1 Å². The minimum atomic E-state index is -0.291. The van der Waals surface area contributed by atoms with Crippen molar-refractivity contribution in [2.24, 2.45) is 0 Å². The number of hydrogen-bond acceptors (Lipinski definition) is 3. The van der Waals surface area contributed by atoms with E-state index in [2.05, 4.69) is 5.32 Å².